The number of nitrogens with zero attached hydrogens (tertiary/aromatic N) is 1. The Labute approximate surface area is 115 Å². The minimum Gasteiger partial charge on any atom is -0.314 e. The summed E-state index contributed by atoms with van der Waals surface area (Å²) < 4.78 is 0. The van der Waals surface area contributed by atoms with Crippen molar-refractivity contribution in [1.29, 1.82) is 0 Å². The maximum Gasteiger partial charge on any atom is 0.0408 e. The summed E-state index contributed by atoms with van der Waals surface area (Å²) in [5, 5.41) is 4.26. The molecule has 1 aromatic rings. The van der Waals surface area contributed by atoms with Gasteiger partial charge in [0, 0.05) is 37.2 Å². The Morgan fingerprint density at radius 1 is 1.33 bits per heavy atom. The monoisotopic (exact) mass is 266 g/mol. The van der Waals surface area contributed by atoms with Crippen LogP contribution < -0.4 is 5.32 Å². The van der Waals surface area contributed by atoms with Crippen LogP contribution in [0.15, 0.2) is 18.2 Å². The summed E-state index contributed by atoms with van der Waals surface area (Å²) in [4.78, 5) is 2.61. The molecule has 0 unspecified atom stereocenters. The lowest BCUT2D eigenvalue weighted by Crippen LogP contribution is -2.45. The Kier molecular flexibility index (Phi) is 5.04. The number of hydrogen-bond donors (Lipinski definition) is 1. The fourth-order valence-electron chi connectivity index (χ4n) is 2.82. The summed E-state index contributed by atoms with van der Waals surface area (Å²) in [6.45, 7) is 8.94. The van der Waals surface area contributed by atoms with Gasteiger partial charge in [-0.2, -0.15) is 0 Å². The van der Waals surface area contributed by atoms with Crippen LogP contribution in [0.2, 0.25) is 5.02 Å². The molecule has 100 valence electrons. The Morgan fingerprint density at radius 2 is 2.06 bits per heavy atom. The zero-order chi connectivity index (χ0) is 13.0. The summed E-state index contributed by atoms with van der Waals surface area (Å²) in [6, 6.07) is 6.87. The van der Waals surface area contributed by atoms with E-state index in [0.29, 0.717) is 6.04 Å². The second-order valence-electron chi connectivity index (χ2n) is 5.09. The van der Waals surface area contributed by atoms with E-state index in [0.717, 1.165) is 31.2 Å². The first kappa shape index (κ1) is 13.9. The summed E-state index contributed by atoms with van der Waals surface area (Å²) in [5.74, 6) is 0. The van der Waals surface area contributed by atoms with E-state index in [1.165, 1.54) is 24.0 Å². The first-order valence-corrected chi connectivity index (χ1v) is 7.31. The molecule has 1 fully saturated rings. The maximum absolute atomic E-state index is 6.06. The molecule has 1 N–H and O–H groups in total. The molecule has 0 radical (unpaired) electrons. The van der Waals surface area contributed by atoms with Crippen molar-refractivity contribution < 1.29 is 0 Å². The van der Waals surface area contributed by atoms with Crippen LogP contribution in [0.4, 0.5) is 0 Å². The smallest absolute Gasteiger partial charge is 0.0408 e. The summed E-state index contributed by atoms with van der Waals surface area (Å²) in [6.07, 6.45) is 2.44. The van der Waals surface area contributed by atoms with Crippen LogP contribution in [-0.4, -0.2) is 31.1 Å². The molecule has 1 heterocycles. The molecule has 0 saturated carbocycles. The third-order valence-corrected chi connectivity index (χ3v) is 3.98. The van der Waals surface area contributed by atoms with Gasteiger partial charge in [0.1, 0.15) is 0 Å². The fourth-order valence-corrected chi connectivity index (χ4v) is 3.04. The van der Waals surface area contributed by atoms with Crippen LogP contribution in [0.5, 0.6) is 0 Å². The first-order valence-electron chi connectivity index (χ1n) is 6.93. The van der Waals surface area contributed by atoms with E-state index in [9.17, 15) is 0 Å². The number of hydrogen-bond acceptors (Lipinski definition) is 2. The third kappa shape index (κ3) is 3.25. The first-order chi connectivity index (χ1) is 8.72. The molecule has 0 spiro atoms. The second-order valence-corrected chi connectivity index (χ2v) is 5.53. The highest BCUT2D eigenvalue weighted by Crippen LogP contribution is 2.29. The number of aryl methyl sites for hydroxylation is 1. The molecule has 2 rings (SSSR count). The van der Waals surface area contributed by atoms with E-state index in [2.05, 4.69) is 36.2 Å². The predicted molar refractivity (Wildman–Crippen MR) is 78.3 cm³/mol. The summed E-state index contributed by atoms with van der Waals surface area (Å²) in [7, 11) is 0. The number of benzene rings is 1. The van der Waals surface area contributed by atoms with Crippen molar-refractivity contribution in [1.82, 2.24) is 10.2 Å². The number of piperazine rings is 1. The molecule has 1 atom stereocenters. The molecule has 3 heteroatoms. The molecule has 0 bridgehead atoms. The Morgan fingerprint density at radius 3 is 2.67 bits per heavy atom. The van der Waals surface area contributed by atoms with E-state index in [-0.39, 0.29) is 0 Å². The lowest BCUT2D eigenvalue weighted by atomic mass is 9.96. The number of halogens is 1. The molecule has 1 aliphatic rings. The van der Waals surface area contributed by atoms with Gasteiger partial charge in [-0.3, -0.25) is 4.90 Å². The summed E-state index contributed by atoms with van der Waals surface area (Å²) in [5.41, 5.74) is 2.77. The van der Waals surface area contributed by atoms with Crippen molar-refractivity contribution in [3.8, 4) is 0 Å². The third-order valence-electron chi connectivity index (χ3n) is 3.75. The van der Waals surface area contributed by atoms with Crippen molar-refractivity contribution in [2.75, 3.05) is 26.2 Å². The van der Waals surface area contributed by atoms with E-state index >= 15 is 0 Å². The second kappa shape index (κ2) is 6.55. The van der Waals surface area contributed by atoms with Crippen LogP contribution in [0.3, 0.4) is 0 Å². The molecule has 1 aromatic carbocycles. The molecule has 18 heavy (non-hydrogen) atoms. The minimum absolute atomic E-state index is 0.550. The van der Waals surface area contributed by atoms with E-state index in [1.54, 1.807) is 0 Å². The summed E-state index contributed by atoms with van der Waals surface area (Å²) >= 11 is 6.06. The van der Waals surface area contributed by atoms with Crippen molar-refractivity contribution in [2.45, 2.75) is 32.7 Å². The lowest BCUT2D eigenvalue weighted by Gasteiger charge is -2.36. The van der Waals surface area contributed by atoms with Gasteiger partial charge in [0.15, 0.2) is 0 Å². The van der Waals surface area contributed by atoms with Crippen LogP contribution >= 0.6 is 11.6 Å². The number of rotatable bonds is 4. The predicted octanol–water partition coefficient (Wildman–Crippen LogP) is 3.39. The number of nitrogens with one attached hydrogen (secondary N) is 1. The molecule has 0 aliphatic carbocycles. The van der Waals surface area contributed by atoms with Crippen LogP contribution in [0.1, 0.15) is 36.9 Å². The SMILES string of the molecule is CCC[C@@H](c1ccc(Cl)cc1C)N1CCNCC1. The van der Waals surface area contributed by atoms with Crippen molar-refractivity contribution in [3.05, 3.63) is 34.3 Å². The topological polar surface area (TPSA) is 15.3 Å². The molecular weight excluding hydrogens is 244 g/mol. The average molecular weight is 267 g/mol. The van der Waals surface area contributed by atoms with Gasteiger partial charge < -0.3 is 5.32 Å². The van der Waals surface area contributed by atoms with E-state index < -0.39 is 0 Å². The van der Waals surface area contributed by atoms with Gasteiger partial charge in [-0.05, 0) is 36.6 Å². The highest BCUT2D eigenvalue weighted by Gasteiger charge is 2.22. The lowest BCUT2D eigenvalue weighted by molar-refractivity contribution is 0.164. The van der Waals surface area contributed by atoms with Gasteiger partial charge in [-0.15, -0.1) is 0 Å². The molecule has 1 saturated heterocycles. The normalized spacial score (nSPS) is 18.8. The molecule has 0 amide bonds. The van der Waals surface area contributed by atoms with Gasteiger partial charge in [0.2, 0.25) is 0 Å². The molecule has 0 aromatic heterocycles. The Hall–Kier alpha value is -0.570. The van der Waals surface area contributed by atoms with Crippen molar-refractivity contribution >= 4 is 11.6 Å². The quantitative estimate of drug-likeness (QED) is 0.899. The highest BCUT2D eigenvalue weighted by atomic mass is 35.5. The van der Waals surface area contributed by atoms with Gasteiger partial charge in [-0.25, -0.2) is 0 Å². The van der Waals surface area contributed by atoms with Crippen molar-refractivity contribution in [2.24, 2.45) is 0 Å². The van der Waals surface area contributed by atoms with Crippen LogP contribution in [0.25, 0.3) is 0 Å². The Bertz CT molecular complexity index is 386. The highest BCUT2D eigenvalue weighted by molar-refractivity contribution is 6.30. The van der Waals surface area contributed by atoms with Crippen LogP contribution in [0, 0.1) is 6.92 Å². The minimum atomic E-state index is 0.550. The van der Waals surface area contributed by atoms with Crippen LogP contribution in [-0.2, 0) is 0 Å². The standard InChI is InChI=1S/C15H23ClN2/c1-3-4-15(18-9-7-17-8-10-18)14-6-5-13(16)11-12(14)2/h5-6,11,15,17H,3-4,7-10H2,1-2H3/t15-/m0/s1. The van der Waals surface area contributed by atoms with E-state index in [4.69, 9.17) is 11.6 Å². The van der Waals surface area contributed by atoms with E-state index in [1.807, 2.05) is 6.07 Å². The van der Waals surface area contributed by atoms with Gasteiger partial charge in [0.25, 0.3) is 0 Å². The van der Waals surface area contributed by atoms with Gasteiger partial charge in [0.05, 0.1) is 0 Å². The zero-order valence-electron chi connectivity index (χ0n) is 11.4. The fraction of sp³-hybridized carbons (Fsp3) is 0.600. The largest absolute Gasteiger partial charge is 0.314 e. The molecule has 2 nitrogen and oxygen atoms in total. The Balaban J connectivity index is 2.22. The molecular formula is C15H23ClN2. The average Bonchev–Trinajstić information content (AvgIpc) is 2.38. The maximum atomic E-state index is 6.06. The van der Waals surface area contributed by atoms with Gasteiger partial charge >= 0.3 is 0 Å². The molecule has 1 aliphatic heterocycles. The van der Waals surface area contributed by atoms with Gasteiger partial charge in [-0.1, -0.05) is 31.0 Å². The zero-order valence-corrected chi connectivity index (χ0v) is 12.1. The van der Waals surface area contributed by atoms with Crippen molar-refractivity contribution in [3.63, 3.8) is 0 Å².